The summed E-state index contributed by atoms with van der Waals surface area (Å²) in [5.41, 5.74) is 7.08. The average molecular weight is 315 g/mol. The van der Waals surface area contributed by atoms with Gasteiger partial charge in [0.2, 0.25) is 0 Å². The Hall–Kier alpha value is -0.580. The van der Waals surface area contributed by atoms with Gasteiger partial charge in [-0.15, -0.1) is 0 Å². The fourth-order valence-corrected chi connectivity index (χ4v) is 2.72. The Kier molecular flexibility index (Phi) is 6.12. The van der Waals surface area contributed by atoms with Gasteiger partial charge < -0.3 is 15.8 Å². The number of methoxy groups -OCH3 is 1. The number of hydrogen-bond donors (Lipinski definition) is 2. The van der Waals surface area contributed by atoms with E-state index < -0.39 is 0 Å². The Labute approximate surface area is 118 Å². The highest BCUT2D eigenvalue weighted by atomic mass is 79.9. The summed E-state index contributed by atoms with van der Waals surface area (Å²) in [6.07, 6.45) is 0. The number of nitrogens with two attached hydrogens (primary N) is 1. The molecule has 1 rings (SSSR count). The van der Waals surface area contributed by atoms with Gasteiger partial charge in [-0.1, -0.05) is 29.8 Å². The van der Waals surface area contributed by atoms with Crippen molar-refractivity contribution >= 4 is 15.9 Å². The number of halogens is 1. The molecule has 0 radical (unpaired) electrons. The summed E-state index contributed by atoms with van der Waals surface area (Å²) in [4.78, 5) is 0. The molecule has 0 fully saturated rings. The third-order valence-corrected chi connectivity index (χ3v) is 3.89. The molecular weight excluding hydrogens is 292 g/mol. The minimum atomic E-state index is 0.197. The quantitative estimate of drug-likeness (QED) is 0.848. The van der Waals surface area contributed by atoms with Gasteiger partial charge in [-0.2, -0.15) is 0 Å². The standard InChI is InChI=1S/C14H23BrN2O/c1-9(2)12(8-16)14(17-3)11-7-10(15)5-6-13(11)18-4/h5-7,9,12,14,17H,8,16H2,1-4H3. The molecule has 0 spiro atoms. The molecule has 4 heteroatoms. The predicted molar refractivity (Wildman–Crippen MR) is 79.9 cm³/mol. The fourth-order valence-electron chi connectivity index (χ4n) is 2.34. The molecular formula is C14H23BrN2O. The monoisotopic (exact) mass is 314 g/mol. The lowest BCUT2D eigenvalue weighted by molar-refractivity contribution is 0.290. The van der Waals surface area contributed by atoms with Crippen LogP contribution in [0, 0.1) is 11.8 Å². The predicted octanol–water partition coefficient (Wildman–Crippen LogP) is 2.95. The molecule has 0 amide bonds. The van der Waals surface area contributed by atoms with Gasteiger partial charge in [-0.25, -0.2) is 0 Å². The van der Waals surface area contributed by atoms with Crippen LogP contribution in [0.1, 0.15) is 25.5 Å². The SMILES string of the molecule is CNC(c1cc(Br)ccc1OC)C(CN)C(C)C. The first-order chi connectivity index (χ1) is 8.54. The zero-order valence-corrected chi connectivity index (χ0v) is 13.1. The molecule has 18 heavy (non-hydrogen) atoms. The fraction of sp³-hybridized carbons (Fsp3) is 0.571. The molecule has 0 saturated heterocycles. The van der Waals surface area contributed by atoms with E-state index in [1.807, 2.05) is 19.2 Å². The van der Waals surface area contributed by atoms with E-state index in [4.69, 9.17) is 10.5 Å². The molecule has 0 aromatic heterocycles. The van der Waals surface area contributed by atoms with Crippen LogP contribution < -0.4 is 15.8 Å². The average Bonchev–Trinajstić information content (AvgIpc) is 2.35. The van der Waals surface area contributed by atoms with E-state index in [-0.39, 0.29) is 6.04 Å². The molecule has 0 heterocycles. The minimum absolute atomic E-state index is 0.197. The topological polar surface area (TPSA) is 47.3 Å². The molecule has 2 atom stereocenters. The first-order valence-corrected chi connectivity index (χ1v) is 7.05. The number of rotatable bonds is 6. The van der Waals surface area contributed by atoms with Gasteiger partial charge in [-0.05, 0) is 43.6 Å². The maximum atomic E-state index is 5.92. The van der Waals surface area contributed by atoms with Crippen molar-refractivity contribution in [2.45, 2.75) is 19.9 Å². The van der Waals surface area contributed by atoms with Crippen molar-refractivity contribution < 1.29 is 4.74 Å². The maximum absolute atomic E-state index is 5.92. The van der Waals surface area contributed by atoms with Gasteiger partial charge in [-0.3, -0.25) is 0 Å². The molecule has 3 nitrogen and oxygen atoms in total. The van der Waals surface area contributed by atoms with Crippen LogP contribution in [0.25, 0.3) is 0 Å². The van der Waals surface area contributed by atoms with Crippen LogP contribution in [0.4, 0.5) is 0 Å². The summed E-state index contributed by atoms with van der Waals surface area (Å²) in [6.45, 7) is 5.05. The smallest absolute Gasteiger partial charge is 0.123 e. The number of hydrogen-bond acceptors (Lipinski definition) is 3. The molecule has 3 N–H and O–H groups in total. The van der Waals surface area contributed by atoms with Crippen molar-refractivity contribution in [3.8, 4) is 5.75 Å². The van der Waals surface area contributed by atoms with E-state index in [0.29, 0.717) is 18.4 Å². The largest absolute Gasteiger partial charge is 0.496 e. The van der Waals surface area contributed by atoms with Crippen molar-refractivity contribution in [3.63, 3.8) is 0 Å². The van der Waals surface area contributed by atoms with Crippen molar-refractivity contribution in [2.24, 2.45) is 17.6 Å². The Balaban J connectivity index is 3.18. The first-order valence-electron chi connectivity index (χ1n) is 6.25. The van der Waals surface area contributed by atoms with Gasteiger partial charge in [0.25, 0.3) is 0 Å². The lowest BCUT2D eigenvalue weighted by atomic mass is 9.84. The molecule has 2 unspecified atom stereocenters. The molecule has 1 aromatic carbocycles. The first kappa shape index (κ1) is 15.5. The molecule has 0 bridgehead atoms. The minimum Gasteiger partial charge on any atom is -0.496 e. The van der Waals surface area contributed by atoms with Crippen molar-refractivity contribution in [3.05, 3.63) is 28.2 Å². The Morgan fingerprint density at radius 2 is 2.06 bits per heavy atom. The molecule has 102 valence electrons. The van der Waals surface area contributed by atoms with E-state index in [0.717, 1.165) is 15.8 Å². The lowest BCUT2D eigenvalue weighted by Crippen LogP contribution is -2.34. The molecule has 0 aliphatic rings. The molecule has 0 aliphatic heterocycles. The normalized spacial score (nSPS) is 14.6. The van der Waals surface area contributed by atoms with Crippen LogP contribution in [-0.2, 0) is 0 Å². The molecule has 1 aromatic rings. The summed E-state index contributed by atoms with van der Waals surface area (Å²) < 4.78 is 6.51. The highest BCUT2D eigenvalue weighted by Crippen LogP contribution is 2.34. The van der Waals surface area contributed by atoms with Crippen LogP contribution in [-0.4, -0.2) is 20.7 Å². The van der Waals surface area contributed by atoms with Crippen LogP contribution in [0.5, 0.6) is 5.75 Å². The highest BCUT2D eigenvalue weighted by molar-refractivity contribution is 9.10. The van der Waals surface area contributed by atoms with Crippen molar-refractivity contribution in [1.29, 1.82) is 0 Å². The zero-order chi connectivity index (χ0) is 13.7. The third-order valence-electron chi connectivity index (χ3n) is 3.39. The number of nitrogens with one attached hydrogen (secondary N) is 1. The maximum Gasteiger partial charge on any atom is 0.123 e. The van der Waals surface area contributed by atoms with Crippen LogP contribution in [0.15, 0.2) is 22.7 Å². The molecule has 0 aliphatic carbocycles. The van der Waals surface area contributed by atoms with Gasteiger partial charge in [0.05, 0.1) is 7.11 Å². The van der Waals surface area contributed by atoms with Crippen LogP contribution in [0.3, 0.4) is 0 Å². The van der Waals surface area contributed by atoms with E-state index in [1.54, 1.807) is 7.11 Å². The van der Waals surface area contributed by atoms with E-state index in [1.165, 1.54) is 0 Å². The van der Waals surface area contributed by atoms with Crippen molar-refractivity contribution in [1.82, 2.24) is 5.32 Å². The Bertz CT molecular complexity index is 382. The van der Waals surface area contributed by atoms with Crippen molar-refractivity contribution in [2.75, 3.05) is 20.7 Å². The van der Waals surface area contributed by atoms with Gasteiger partial charge in [0.1, 0.15) is 5.75 Å². The van der Waals surface area contributed by atoms with E-state index >= 15 is 0 Å². The lowest BCUT2D eigenvalue weighted by Gasteiger charge is -2.30. The van der Waals surface area contributed by atoms with Gasteiger partial charge in [0.15, 0.2) is 0 Å². The number of benzene rings is 1. The second-order valence-electron chi connectivity index (χ2n) is 4.80. The van der Waals surface area contributed by atoms with E-state index in [2.05, 4.69) is 41.2 Å². The highest BCUT2D eigenvalue weighted by Gasteiger charge is 2.26. The Morgan fingerprint density at radius 3 is 2.50 bits per heavy atom. The van der Waals surface area contributed by atoms with Crippen LogP contribution >= 0.6 is 15.9 Å². The third kappa shape index (κ3) is 3.46. The summed E-state index contributed by atoms with van der Waals surface area (Å²) in [7, 11) is 3.67. The second kappa shape index (κ2) is 7.12. The Morgan fingerprint density at radius 1 is 1.39 bits per heavy atom. The van der Waals surface area contributed by atoms with Crippen LogP contribution in [0.2, 0.25) is 0 Å². The second-order valence-corrected chi connectivity index (χ2v) is 5.71. The summed E-state index contributed by atoms with van der Waals surface area (Å²) >= 11 is 3.52. The summed E-state index contributed by atoms with van der Waals surface area (Å²) in [5, 5.41) is 3.37. The molecule has 0 saturated carbocycles. The van der Waals surface area contributed by atoms with Gasteiger partial charge in [0, 0.05) is 16.1 Å². The van der Waals surface area contributed by atoms with Gasteiger partial charge >= 0.3 is 0 Å². The number of ether oxygens (including phenoxy) is 1. The summed E-state index contributed by atoms with van der Waals surface area (Å²) in [5.74, 6) is 1.78. The summed E-state index contributed by atoms with van der Waals surface area (Å²) in [6, 6.07) is 6.27. The zero-order valence-electron chi connectivity index (χ0n) is 11.5. The van der Waals surface area contributed by atoms with E-state index in [9.17, 15) is 0 Å².